The summed E-state index contributed by atoms with van der Waals surface area (Å²) in [5.41, 5.74) is 1.99. The van der Waals surface area contributed by atoms with Gasteiger partial charge in [-0.1, -0.05) is 29.3 Å². The zero-order valence-corrected chi connectivity index (χ0v) is 14.8. The van der Waals surface area contributed by atoms with Gasteiger partial charge < -0.3 is 19.5 Å². The van der Waals surface area contributed by atoms with Crippen LogP contribution >= 0.6 is 23.2 Å². The molecule has 124 valence electrons. The summed E-state index contributed by atoms with van der Waals surface area (Å²) in [6.07, 6.45) is 0. The van der Waals surface area contributed by atoms with E-state index in [1.807, 2.05) is 24.3 Å². The summed E-state index contributed by atoms with van der Waals surface area (Å²) in [7, 11) is 4.79. The van der Waals surface area contributed by atoms with Gasteiger partial charge in [-0.2, -0.15) is 0 Å². The molecule has 0 bridgehead atoms. The summed E-state index contributed by atoms with van der Waals surface area (Å²) in [4.78, 5) is 0. The largest absolute Gasteiger partial charge is 0.493 e. The second-order valence-electron chi connectivity index (χ2n) is 4.87. The van der Waals surface area contributed by atoms with Gasteiger partial charge in [0.05, 0.1) is 21.3 Å². The van der Waals surface area contributed by atoms with E-state index in [0.717, 1.165) is 11.1 Å². The number of nitrogens with one attached hydrogen (secondary N) is 1. The van der Waals surface area contributed by atoms with Gasteiger partial charge in [0.2, 0.25) is 5.75 Å². The SMILES string of the molecule is COc1ccc(CNCc2cc(Cl)cc(Cl)c2)c(OC)c1OC. The van der Waals surface area contributed by atoms with E-state index in [4.69, 9.17) is 37.4 Å². The molecule has 0 spiro atoms. The highest BCUT2D eigenvalue weighted by atomic mass is 35.5. The molecule has 0 unspecified atom stereocenters. The summed E-state index contributed by atoms with van der Waals surface area (Å²) in [5, 5.41) is 4.59. The van der Waals surface area contributed by atoms with Gasteiger partial charge in [-0.15, -0.1) is 0 Å². The molecule has 0 aliphatic heterocycles. The highest BCUT2D eigenvalue weighted by molar-refractivity contribution is 6.34. The number of benzene rings is 2. The Bertz CT molecular complexity index is 657. The van der Waals surface area contributed by atoms with Crippen molar-refractivity contribution in [1.82, 2.24) is 5.32 Å². The van der Waals surface area contributed by atoms with Crippen LogP contribution in [0, 0.1) is 0 Å². The van der Waals surface area contributed by atoms with Crippen LogP contribution < -0.4 is 19.5 Å². The molecule has 0 amide bonds. The normalized spacial score (nSPS) is 10.5. The van der Waals surface area contributed by atoms with Gasteiger partial charge in [0.25, 0.3) is 0 Å². The van der Waals surface area contributed by atoms with Crippen LogP contribution in [0.2, 0.25) is 10.0 Å². The van der Waals surface area contributed by atoms with Gasteiger partial charge in [0.15, 0.2) is 11.5 Å². The number of ether oxygens (including phenoxy) is 3. The van der Waals surface area contributed by atoms with Gasteiger partial charge in [0, 0.05) is 28.7 Å². The lowest BCUT2D eigenvalue weighted by molar-refractivity contribution is 0.321. The molecule has 0 aromatic heterocycles. The van der Waals surface area contributed by atoms with Crippen molar-refractivity contribution in [2.75, 3.05) is 21.3 Å². The molecule has 4 nitrogen and oxygen atoms in total. The van der Waals surface area contributed by atoms with Crippen molar-refractivity contribution in [1.29, 1.82) is 0 Å². The monoisotopic (exact) mass is 355 g/mol. The van der Waals surface area contributed by atoms with Crippen molar-refractivity contribution in [2.24, 2.45) is 0 Å². The Kier molecular flexibility index (Phi) is 6.39. The molecular weight excluding hydrogens is 337 g/mol. The van der Waals surface area contributed by atoms with E-state index in [0.29, 0.717) is 40.4 Å². The van der Waals surface area contributed by atoms with Gasteiger partial charge in [-0.25, -0.2) is 0 Å². The Labute approximate surface area is 146 Å². The molecule has 0 aliphatic rings. The third-order valence-electron chi connectivity index (χ3n) is 3.35. The molecule has 2 rings (SSSR count). The molecule has 0 fully saturated rings. The van der Waals surface area contributed by atoms with Crippen LogP contribution in [0.4, 0.5) is 0 Å². The van der Waals surface area contributed by atoms with Crippen LogP contribution in [0.3, 0.4) is 0 Å². The minimum absolute atomic E-state index is 0.583. The summed E-state index contributed by atoms with van der Waals surface area (Å²) in [6, 6.07) is 9.27. The number of methoxy groups -OCH3 is 3. The van der Waals surface area contributed by atoms with Gasteiger partial charge in [-0.3, -0.25) is 0 Å². The lowest BCUT2D eigenvalue weighted by atomic mass is 10.1. The standard InChI is InChI=1S/C17H19Cl2NO3/c1-21-15-5-4-12(16(22-2)17(15)23-3)10-20-9-11-6-13(18)8-14(19)7-11/h4-8,20H,9-10H2,1-3H3. The smallest absolute Gasteiger partial charge is 0.203 e. The van der Waals surface area contributed by atoms with Crippen molar-refractivity contribution in [3.8, 4) is 17.2 Å². The third-order valence-corrected chi connectivity index (χ3v) is 3.79. The van der Waals surface area contributed by atoms with Gasteiger partial charge >= 0.3 is 0 Å². The van der Waals surface area contributed by atoms with Crippen LogP contribution in [0.15, 0.2) is 30.3 Å². The number of halogens is 2. The molecule has 0 aliphatic carbocycles. The fourth-order valence-corrected chi connectivity index (χ4v) is 2.93. The molecule has 23 heavy (non-hydrogen) atoms. The van der Waals surface area contributed by atoms with Crippen molar-refractivity contribution in [2.45, 2.75) is 13.1 Å². The zero-order valence-electron chi connectivity index (χ0n) is 13.3. The first-order valence-electron chi connectivity index (χ1n) is 7.02. The van der Waals surface area contributed by atoms with Crippen molar-refractivity contribution >= 4 is 23.2 Å². The fourth-order valence-electron chi connectivity index (χ4n) is 2.36. The first-order chi connectivity index (χ1) is 11.1. The predicted molar refractivity (Wildman–Crippen MR) is 93.1 cm³/mol. The van der Waals surface area contributed by atoms with E-state index in [9.17, 15) is 0 Å². The Balaban J connectivity index is 2.11. The minimum atomic E-state index is 0.583. The van der Waals surface area contributed by atoms with E-state index >= 15 is 0 Å². The molecule has 2 aromatic rings. The first kappa shape index (κ1) is 17.7. The van der Waals surface area contributed by atoms with E-state index < -0.39 is 0 Å². The van der Waals surface area contributed by atoms with Crippen molar-refractivity contribution < 1.29 is 14.2 Å². The Morgan fingerprint density at radius 3 is 2.04 bits per heavy atom. The highest BCUT2D eigenvalue weighted by Gasteiger charge is 2.15. The Morgan fingerprint density at radius 1 is 0.826 bits per heavy atom. The topological polar surface area (TPSA) is 39.7 Å². The maximum absolute atomic E-state index is 6.00. The van der Waals surface area contributed by atoms with E-state index in [-0.39, 0.29) is 0 Å². The molecule has 0 saturated carbocycles. The Hall–Kier alpha value is -1.62. The maximum Gasteiger partial charge on any atom is 0.203 e. The molecule has 2 aromatic carbocycles. The van der Waals surface area contributed by atoms with Crippen LogP contribution in [0.5, 0.6) is 17.2 Å². The van der Waals surface area contributed by atoms with Crippen LogP contribution in [0.25, 0.3) is 0 Å². The lowest BCUT2D eigenvalue weighted by Gasteiger charge is -2.16. The minimum Gasteiger partial charge on any atom is -0.493 e. The van der Waals surface area contributed by atoms with Gasteiger partial charge in [-0.05, 0) is 29.8 Å². The Morgan fingerprint density at radius 2 is 1.48 bits per heavy atom. The molecule has 0 saturated heterocycles. The van der Waals surface area contributed by atoms with Crippen LogP contribution in [0.1, 0.15) is 11.1 Å². The maximum atomic E-state index is 6.00. The molecule has 0 atom stereocenters. The lowest BCUT2D eigenvalue weighted by Crippen LogP contribution is -2.14. The van der Waals surface area contributed by atoms with Crippen molar-refractivity contribution in [3.05, 3.63) is 51.5 Å². The highest BCUT2D eigenvalue weighted by Crippen LogP contribution is 2.39. The third kappa shape index (κ3) is 4.44. The summed E-state index contributed by atoms with van der Waals surface area (Å²) >= 11 is 12.0. The summed E-state index contributed by atoms with van der Waals surface area (Å²) in [6.45, 7) is 1.24. The zero-order chi connectivity index (χ0) is 16.8. The van der Waals surface area contributed by atoms with Crippen LogP contribution in [-0.2, 0) is 13.1 Å². The van der Waals surface area contributed by atoms with E-state index in [1.54, 1.807) is 27.4 Å². The van der Waals surface area contributed by atoms with E-state index in [1.165, 1.54) is 0 Å². The second-order valence-corrected chi connectivity index (χ2v) is 5.75. The first-order valence-corrected chi connectivity index (χ1v) is 7.78. The average Bonchev–Trinajstić information content (AvgIpc) is 2.53. The molecule has 1 N–H and O–H groups in total. The summed E-state index contributed by atoms with van der Waals surface area (Å²) < 4.78 is 16.1. The average molecular weight is 356 g/mol. The number of hydrogen-bond acceptors (Lipinski definition) is 4. The second kappa shape index (κ2) is 8.29. The van der Waals surface area contributed by atoms with Crippen molar-refractivity contribution in [3.63, 3.8) is 0 Å². The predicted octanol–water partition coefficient (Wildman–Crippen LogP) is 4.31. The van der Waals surface area contributed by atoms with E-state index in [2.05, 4.69) is 5.32 Å². The fraction of sp³-hybridized carbons (Fsp3) is 0.294. The quantitative estimate of drug-likeness (QED) is 0.803. The van der Waals surface area contributed by atoms with Gasteiger partial charge in [0.1, 0.15) is 0 Å². The number of rotatable bonds is 7. The molecule has 6 heteroatoms. The summed E-state index contributed by atoms with van der Waals surface area (Å²) in [5.74, 6) is 1.87. The molecule has 0 radical (unpaired) electrons. The molecule has 0 heterocycles. The number of hydrogen-bond donors (Lipinski definition) is 1. The van der Waals surface area contributed by atoms with Crippen LogP contribution in [-0.4, -0.2) is 21.3 Å². The molecular formula is C17H19Cl2NO3.